The maximum atomic E-state index is 12.4. The van der Waals surface area contributed by atoms with Crippen molar-refractivity contribution >= 4 is 17.8 Å². The summed E-state index contributed by atoms with van der Waals surface area (Å²) in [5.74, 6) is -0.299. The van der Waals surface area contributed by atoms with Gasteiger partial charge in [0.25, 0.3) is 0 Å². The number of rotatable bonds is 5. The molecule has 0 bridgehead atoms. The molecule has 0 radical (unpaired) electrons. The number of allylic oxidation sites excluding steroid dienone is 1. The molecule has 0 spiro atoms. The van der Waals surface area contributed by atoms with Gasteiger partial charge >= 0.3 is 5.97 Å². The molecule has 0 heterocycles. The maximum absolute atomic E-state index is 12.4. The third-order valence-corrected chi connectivity index (χ3v) is 3.34. The molecule has 5 heteroatoms. The molecule has 0 aliphatic carbocycles. The van der Waals surface area contributed by atoms with Crippen molar-refractivity contribution in [3.8, 4) is 11.8 Å². The molecule has 2 aromatic rings. The first-order valence-electron chi connectivity index (χ1n) is 7.08. The van der Waals surface area contributed by atoms with E-state index in [0.717, 1.165) is 0 Å². The molecule has 2 aromatic carbocycles. The zero-order valence-electron chi connectivity index (χ0n) is 13.3. The standard InChI is InChI=1S/C19H15NO4/c1-23-17-5-3-4-15(11-17)18(21)16(12-20)10-13-6-8-14(9-7-13)19(22)24-2/h3-11H,1-2H3. The number of carbonyl (C=O) groups excluding carboxylic acids is 2. The van der Waals surface area contributed by atoms with Crippen molar-refractivity contribution < 1.29 is 19.1 Å². The monoisotopic (exact) mass is 321 g/mol. The summed E-state index contributed by atoms with van der Waals surface area (Å²) in [4.78, 5) is 23.9. The number of Topliss-reactive ketones (excluding diaryl/α,β-unsaturated/α-hetero) is 1. The Morgan fingerprint density at radius 1 is 1.04 bits per heavy atom. The first-order chi connectivity index (χ1) is 11.6. The van der Waals surface area contributed by atoms with E-state index in [1.807, 2.05) is 6.07 Å². The third-order valence-electron chi connectivity index (χ3n) is 3.34. The van der Waals surface area contributed by atoms with Gasteiger partial charge in [0.1, 0.15) is 17.4 Å². The average molecular weight is 321 g/mol. The zero-order valence-corrected chi connectivity index (χ0v) is 13.3. The second-order valence-corrected chi connectivity index (χ2v) is 4.84. The van der Waals surface area contributed by atoms with Crippen LogP contribution in [0.25, 0.3) is 6.08 Å². The van der Waals surface area contributed by atoms with Crippen LogP contribution in [-0.4, -0.2) is 26.0 Å². The van der Waals surface area contributed by atoms with Crippen LogP contribution in [0.2, 0.25) is 0 Å². The largest absolute Gasteiger partial charge is 0.497 e. The molecular formula is C19H15NO4. The van der Waals surface area contributed by atoms with Gasteiger partial charge in [-0.2, -0.15) is 5.26 Å². The van der Waals surface area contributed by atoms with Crippen molar-refractivity contribution in [3.05, 3.63) is 70.8 Å². The van der Waals surface area contributed by atoms with Crippen LogP contribution < -0.4 is 4.74 Å². The van der Waals surface area contributed by atoms with Crippen molar-refractivity contribution in [2.45, 2.75) is 0 Å². The van der Waals surface area contributed by atoms with Crippen LogP contribution >= 0.6 is 0 Å². The molecule has 5 nitrogen and oxygen atoms in total. The number of hydrogen-bond donors (Lipinski definition) is 0. The number of ketones is 1. The summed E-state index contributed by atoms with van der Waals surface area (Å²) in [5, 5.41) is 9.28. The summed E-state index contributed by atoms with van der Waals surface area (Å²) in [6.07, 6.45) is 1.48. The van der Waals surface area contributed by atoms with Crippen molar-refractivity contribution in [1.82, 2.24) is 0 Å². The number of hydrogen-bond acceptors (Lipinski definition) is 5. The molecule has 0 aliphatic heterocycles. The minimum Gasteiger partial charge on any atom is -0.497 e. The van der Waals surface area contributed by atoms with E-state index < -0.39 is 11.8 Å². The Bertz CT molecular complexity index is 829. The zero-order chi connectivity index (χ0) is 17.5. The Hall–Kier alpha value is -3.39. The van der Waals surface area contributed by atoms with Gasteiger partial charge in [0.2, 0.25) is 5.78 Å². The molecule has 0 saturated carbocycles. The number of carbonyl (C=O) groups is 2. The quantitative estimate of drug-likeness (QED) is 0.365. The Kier molecular flexibility index (Phi) is 5.48. The van der Waals surface area contributed by atoms with Gasteiger partial charge in [-0.1, -0.05) is 24.3 Å². The van der Waals surface area contributed by atoms with E-state index in [-0.39, 0.29) is 5.57 Å². The van der Waals surface area contributed by atoms with Crippen LogP contribution in [0.5, 0.6) is 5.75 Å². The van der Waals surface area contributed by atoms with E-state index in [1.54, 1.807) is 48.5 Å². The maximum Gasteiger partial charge on any atom is 0.337 e. The number of ether oxygens (including phenoxy) is 2. The highest BCUT2D eigenvalue weighted by molar-refractivity contribution is 6.14. The van der Waals surface area contributed by atoms with Gasteiger partial charge in [-0.25, -0.2) is 4.79 Å². The van der Waals surface area contributed by atoms with E-state index in [4.69, 9.17) is 4.74 Å². The van der Waals surface area contributed by atoms with E-state index in [9.17, 15) is 14.9 Å². The van der Waals surface area contributed by atoms with E-state index in [2.05, 4.69) is 4.74 Å². The highest BCUT2D eigenvalue weighted by atomic mass is 16.5. The molecule has 0 aromatic heterocycles. The average Bonchev–Trinajstić information content (AvgIpc) is 2.65. The molecule has 2 rings (SSSR count). The molecule has 0 atom stereocenters. The van der Waals surface area contributed by atoms with Crippen molar-refractivity contribution in [1.29, 1.82) is 5.26 Å². The lowest BCUT2D eigenvalue weighted by Gasteiger charge is -2.04. The van der Waals surface area contributed by atoms with Crippen LogP contribution in [0.3, 0.4) is 0 Å². The summed E-state index contributed by atoms with van der Waals surface area (Å²) in [6.45, 7) is 0. The predicted molar refractivity (Wildman–Crippen MR) is 88.7 cm³/mol. The SMILES string of the molecule is COC(=O)c1ccc(C=C(C#N)C(=O)c2cccc(OC)c2)cc1. The van der Waals surface area contributed by atoms with Gasteiger partial charge in [0.15, 0.2) is 0 Å². The van der Waals surface area contributed by atoms with Crippen LogP contribution in [0.4, 0.5) is 0 Å². The lowest BCUT2D eigenvalue weighted by atomic mass is 10.0. The Balaban J connectivity index is 2.30. The summed E-state index contributed by atoms with van der Waals surface area (Å²) in [6, 6.07) is 14.9. The number of methoxy groups -OCH3 is 2. The highest BCUT2D eigenvalue weighted by Gasteiger charge is 2.13. The van der Waals surface area contributed by atoms with Gasteiger partial charge in [0.05, 0.1) is 19.8 Å². The second kappa shape index (κ2) is 7.75. The molecule has 0 unspecified atom stereocenters. The van der Waals surface area contributed by atoms with Crippen molar-refractivity contribution in [2.75, 3.05) is 14.2 Å². The van der Waals surface area contributed by atoms with Gasteiger partial charge in [-0.3, -0.25) is 4.79 Å². The lowest BCUT2D eigenvalue weighted by molar-refractivity contribution is 0.0600. The summed E-state index contributed by atoms with van der Waals surface area (Å²) < 4.78 is 9.71. The van der Waals surface area contributed by atoms with Gasteiger partial charge in [-0.15, -0.1) is 0 Å². The minimum atomic E-state index is -0.446. The second-order valence-electron chi connectivity index (χ2n) is 4.84. The smallest absolute Gasteiger partial charge is 0.337 e. The number of nitrogens with zero attached hydrogens (tertiary/aromatic N) is 1. The Labute approximate surface area is 139 Å². The Morgan fingerprint density at radius 2 is 1.75 bits per heavy atom. The van der Waals surface area contributed by atoms with Crippen LogP contribution in [0, 0.1) is 11.3 Å². The molecule has 120 valence electrons. The van der Waals surface area contributed by atoms with E-state index >= 15 is 0 Å². The topological polar surface area (TPSA) is 76.4 Å². The van der Waals surface area contributed by atoms with Crippen molar-refractivity contribution in [2.24, 2.45) is 0 Å². The Morgan fingerprint density at radius 3 is 2.33 bits per heavy atom. The molecule has 24 heavy (non-hydrogen) atoms. The molecule has 0 fully saturated rings. The normalized spacial score (nSPS) is 10.6. The van der Waals surface area contributed by atoms with Gasteiger partial charge < -0.3 is 9.47 Å². The fourth-order valence-corrected chi connectivity index (χ4v) is 2.07. The number of esters is 1. The van der Waals surface area contributed by atoms with E-state index in [0.29, 0.717) is 22.4 Å². The lowest BCUT2D eigenvalue weighted by Crippen LogP contribution is -2.03. The summed E-state index contributed by atoms with van der Waals surface area (Å²) in [5.41, 5.74) is 1.39. The molecule has 0 aliphatic rings. The van der Waals surface area contributed by atoms with E-state index in [1.165, 1.54) is 20.3 Å². The van der Waals surface area contributed by atoms with Gasteiger partial charge in [-0.05, 0) is 35.9 Å². The molecule has 0 amide bonds. The first kappa shape index (κ1) is 17.0. The van der Waals surface area contributed by atoms with Crippen LogP contribution in [0.15, 0.2) is 54.1 Å². The van der Waals surface area contributed by atoms with Gasteiger partial charge in [0, 0.05) is 5.56 Å². The third kappa shape index (κ3) is 3.87. The minimum absolute atomic E-state index is 0.00549. The fraction of sp³-hybridized carbons (Fsp3) is 0.105. The molecule has 0 N–H and O–H groups in total. The van der Waals surface area contributed by atoms with Crippen molar-refractivity contribution in [3.63, 3.8) is 0 Å². The first-order valence-corrected chi connectivity index (χ1v) is 7.08. The fourth-order valence-electron chi connectivity index (χ4n) is 2.07. The number of benzene rings is 2. The van der Waals surface area contributed by atoms with Crippen LogP contribution in [-0.2, 0) is 4.74 Å². The summed E-state index contributed by atoms with van der Waals surface area (Å²) >= 11 is 0. The molecule has 0 saturated heterocycles. The molecular weight excluding hydrogens is 306 g/mol. The summed E-state index contributed by atoms with van der Waals surface area (Å²) in [7, 11) is 2.81. The van der Waals surface area contributed by atoms with Crippen LogP contribution in [0.1, 0.15) is 26.3 Å². The predicted octanol–water partition coefficient (Wildman–Crippen LogP) is 3.27. The number of nitriles is 1. The highest BCUT2D eigenvalue weighted by Crippen LogP contribution is 2.18.